The monoisotopic (exact) mass is 320 g/mol. The van der Waals surface area contributed by atoms with E-state index in [4.69, 9.17) is 5.73 Å². The number of hydrogen-bond donors (Lipinski definition) is 3. The number of carbonyl (C=O) groups is 3. The van der Waals surface area contributed by atoms with Crippen LogP contribution in [0, 0.1) is 0 Å². The zero-order valence-corrected chi connectivity index (χ0v) is 13.4. The van der Waals surface area contributed by atoms with Gasteiger partial charge in [0.2, 0.25) is 5.91 Å². The number of nitrogens with two attached hydrogens (primary N) is 1. The second-order valence-electron chi connectivity index (χ2n) is 4.96. The van der Waals surface area contributed by atoms with Gasteiger partial charge < -0.3 is 16.4 Å². The highest BCUT2D eigenvalue weighted by molar-refractivity contribution is 6.08. The van der Waals surface area contributed by atoms with Crippen molar-refractivity contribution < 1.29 is 14.4 Å². The second-order valence-corrected chi connectivity index (χ2v) is 4.96. The fourth-order valence-electron chi connectivity index (χ4n) is 2.25. The molecule has 1 heterocycles. The van der Waals surface area contributed by atoms with Gasteiger partial charge in [-0.15, -0.1) is 12.4 Å². The van der Waals surface area contributed by atoms with Gasteiger partial charge in [0.15, 0.2) is 0 Å². The van der Waals surface area contributed by atoms with Gasteiger partial charge in [-0.1, -0.05) is 13.8 Å². The SMILES string of the molecule is CCC1(CC)NC(=O)N(CC(=O)NCCCCN)C1=O.Cl. The van der Waals surface area contributed by atoms with E-state index in [1.807, 2.05) is 13.8 Å². The minimum Gasteiger partial charge on any atom is -0.355 e. The summed E-state index contributed by atoms with van der Waals surface area (Å²) in [6.45, 7) is 4.55. The highest BCUT2D eigenvalue weighted by Gasteiger charge is 2.49. The van der Waals surface area contributed by atoms with Gasteiger partial charge in [-0.25, -0.2) is 4.79 Å². The van der Waals surface area contributed by atoms with E-state index in [0.29, 0.717) is 25.9 Å². The molecule has 0 atom stereocenters. The molecule has 4 N–H and O–H groups in total. The quantitative estimate of drug-likeness (QED) is 0.444. The van der Waals surface area contributed by atoms with Gasteiger partial charge in [0.1, 0.15) is 12.1 Å². The van der Waals surface area contributed by atoms with Gasteiger partial charge in [-0.2, -0.15) is 0 Å². The summed E-state index contributed by atoms with van der Waals surface area (Å²) < 4.78 is 0. The minimum absolute atomic E-state index is 0. The first kappa shape index (κ1) is 19.7. The van der Waals surface area contributed by atoms with Crippen LogP contribution in [0.2, 0.25) is 0 Å². The number of urea groups is 1. The van der Waals surface area contributed by atoms with E-state index in [1.54, 1.807) is 0 Å². The van der Waals surface area contributed by atoms with E-state index in [1.165, 1.54) is 0 Å². The van der Waals surface area contributed by atoms with Gasteiger partial charge in [-0.05, 0) is 32.2 Å². The number of nitrogens with zero attached hydrogens (tertiary/aromatic N) is 1. The van der Waals surface area contributed by atoms with Crippen LogP contribution in [0.25, 0.3) is 0 Å². The molecule has 0 spiro atoms. The zero-order valence-electron chi connectivity index (χ0n) is 12.6. The number of hydrogen-bond acceptors (Lipinski definition) is 4. The second kappa shape index (κ2) is 8.84. The summed E-state index contributed by atoms with van der Waals surface area (Å²) in [7, 11) is 0. The maximum atomic E-state index is 12.3. The maximum absolute atomic E-state index is 12.3. The molecule has 122 valence electrons. The number of carbonyl (C=O) groups excluding carboxylic acids is 3. The fourth-order valence-corrected chi connectivity index (χ4v) is 2.25. The molecule has 0 aromatic rings. The Bertz CT molecular complexity index is 386. The van der Waals surface area contributed by atoms with Crippen LogP contribution in [0.1, 0.15) is 39.5 Å². The van der Waals surface area contributed by atoms with Gasteiger partial charge in [0.05, 0.1) is 0 Å². The van der Waals surface area contributed by atoms with Crippen LogP contribution >= 0.6 is 12.4 Å². The number of imide groups is 1. The molecular weight excluding hydrogens is 296 g/mol. The third-order valence-corrected chi connectivity index (χ3v) is 3.71. The molecule has 0 aromatic heterocycles. The third-order valence-electron chi connectivity index (χ3n) is 3.71. The lowest BCUT2D eigenvalue weighted by atomic mass is 9.93. The molecule has 0 radical (unpaired) electrons. The average Bonchev–Trinajstić information content (AvgIpc) is 2.68. The van der Waals surface area contributed by atoms with E-state index in [2.05, 4.69) is 10.6 Å². The van der Waals surface area contributed by atoms with Crippen molar-refractivity contribution in [1.82, 2.24) is 15.5 Å². The molecule has 0 saturated carbocycles. The zero-order chi connectivity index (χ0) is 15.2. The summed E-state index contributed by atoms with van der Waals surface area (Å²) in [5.74, 6) is -0.641. The van der Waals surface area contributed by atoms with Crippen molar-refractivity contribution in [3.05, 3.63) is 0 Å². The van der Waals surface area contributed by atoms with Crippen LogP contribution < -0.4 is 16.4 Å². The van der Waals surface area contributed by atoms with Crippen LogP contribution in [-0.2, 0) is 9.59 Å². The Balaban J connectivity index is 0.00000400. The van der Waals surface area contributed by atoms with E-state index >= 15 is 0 Å². The molecule has 1 aliphatic rings. The Morgan fingerprint density at radius 1 is 1.29 bits per heavy atom. The molecule has 1 fully saturated rings. The van der Waals surface area contributed by atoms with Gasteiger partial charge in [0, 0.05) is 6.54 Å². The summed E-state index contributed by atoms with van der Waals surface area (Å²) in [5.41, 5.74) is 4.51. The first-order chi connectivity index (χ1) is 9.50. The van der Waals surface area contributed by atoms with E-state index in [0.717, 1.165) is 17.7 Å². The highest BCUT2D eigenvalue weighted by atomic mass is 35.5. The van der Waals surface area contributed by atoms with E-state index in [-0.39, 0.29) is 30.8 Å². The minimum atomic E-state index is -0.850. The van der Waals surface area contributed by atoms with Crippen LogP contribution in [0.3, 0.4) is 0 Å². The van der Waals surface area contributed by atoms with Gasteiger partial charge >= 0.3 is 6.03 Å². The van der Waals surface area contributed by atoms with Crippen LogP contribution in [0.4, 0.5) is 4.79 Å². The Morgan fingerprint density at radius 2 is 1.90 bits per heavy atom. The molecule has 21 heavy (non-hydrogen) atoms. The van der Waals surface area contributed by atoms with Gasteiger partial charge in [-0.3, -0.25) is 14.5 Å². The summed E-state index contributed by atoms with van der Waals surface area (Å²) in [6, 6.07) is -0.490. The fraction of sp³-hybridized carbons (Fsp3) is 0.769. The average molecular weight is 321 g/mol. The Hall–Kier alpha value is -1.34. The number of nitrogens with one attached hydrogen (secondary N) is 2. The van der Waals surface area contributed by atoms with E-state index in [9.17, 15) is 14.4 Å². The number of halogens is 1. The predicted molar refractivity (Wildman–Crippen MR) is 82.1 cm³/mol. The Morgan fingerprint density at radius 3 is 2.38 bits per heavy atom. The van der Waals surface area contributed by atoms with Crippen molar-refractivity contribution >= 4 is 30.3 Å². The largest absolute Gasteiger partial charge is 0.355 e. The summed E-state index contributed by atoms with van der Waals surface area (Å²) in [5, 5.41) is 5.37. The molecule has 1 rings (SSSR count). The molecule has 1 aliphatic heterocycles. The summed E-state index contributed by atoms with van der Waals surface area (Å²) in [4.78, 5) is 36.8. The molecule has 0 bridgehead atoms. The first-order valence-electron chi connectivity index (χ1n) is 7.11. The molecular formula is C13H25ClN4O3. The van der Waals surface area contributed by atoms with Crippen LogP contribution in [0.5, 0.6) is 0 Å². The normalized spacial score (nSPS) is 16.4. The number of unbranched alkanes of at least 4 members (excludes halogenated alkanes) is 1. The van der Waals surface area contributed by atoms with Crippen LogP contribution in [-0.4, -0.2) is 47.9 Å². The summed E-state index contributed by atoms with van der Waals surface area (Å²) >= 11 is 0. The van der Waals surface area contributed by atoms with Crippen molar-refractivity contribution in [2.75, 3.05) is 19.6 Å². The smallest absolute Gasteiger partial charge is 0.325 e. The third kappa shape index (κ3) is 4.57. The molecule has 8 heteroatoms. The van der Waals surface area contributed by atoms with Crippen molar-refractivity contribution in [2.45, 2.75) is 45.1 Å². The molecule has 4 amide bonds. The lowest BCUT2D eigenvalue weighted by Crippen LogP contribution is -2.46. The molecule has 0 aromatic carbocycles. The summed E-state index contributed by atoms with van der Waals surface area (Å²) in [6.07, 6.45) is 2.65. The maximum Gasteiger partial charge on any atom is 0.325 e. The van der Waals surface area contributed by atoms with Crippen molar-refractivity contribution in [1.29, 1.82) is 0 Å². The van der Waals surface area contributed by atoms with Crippen molar-refractivity contribution in [2.24, 2.45) is 5.73 Å². The van der Waals surface area contributed by atoms with Crippen molar-refractivity contribution in [3.63, 3.8) is 0 Å². The topological polar surface area (TPSA) is 105 Å². The van der Waals surface area contributed by atoms with E-state index < -0.39 is 11.6 Å². The predicted octanol–water partition coefficient (Wildman–Crippen LogP) is 0.374. The highest BCUT2D eigenvalue weighted by Crippen LogP contribution is 2.24. The molecule has 7 nitrogen and oxygen atoms in total. The molecule has 1 saturated heterocycles. The van der Waals surface area contributed by atoms with Gasteiger partial charge in [0.25, 0.3) is 5.91 Å². The van der Waals surface area contributed by atoms with Crippen LogP contribution in [0.15, 0.2) is 0 Å². The first-order valence-corrected chi connectivity index (χ1v) is 7.11. The Labute approximate surface area is 131 Å². The molecule has 0 unspecified atom stereocenters. The number of amides is 4. The lowest BCUT2D eigenvalue weighted by molar-refractivity contribution is -0.135. The Kier molecular flexibility index (Phi) is 8.27. The standard InChI is InChI=1S/C13H24N4O3.ClH/c1-3-13(4-2)11(19)17(12(20)16-13)9-10(18)15-8-6-5-7-14;/h3-9,14H2,1-2H3,(H,15,18)(H,16,20);1H. The lowest BCUT2D eigenvalue weighted by Gasteiger charge is -2.22. The van der Waals surface area contributed by atoms with Crippen molar-refractivity contribution in [3.8, 4) is 0 Å². The number of rotatable bonds is 8. The molecule has 0 aliphatic carbocycles.